The first-order valence-corrected chi connectivity index (χ1v) is 6.40. The van der Waals surface area contributed by atoms with Crippen molar-refractivity contribution in [1.29, 1.82) is 0 Å². The van der Waals surface area contributed by atoms with Gasteiger partial charge in [-0.1, -0.05) is 11.3 Å². The zero-order valence-corrected chi connectivity index (χ0v) is 11.6. The van der Waals surface area contributed by atoms with E-state index in [-0.39, 0.29) is 6.61 Å². The number of amides is 1. The minimum atomic E-state index is -0.515. The van der Waals surface area contributed by atoms with Gasteiger partial charge in [-0.15, -0.1) is 5.10 Å². The molecule has 8 heteroatoms. The Morgan fingerprint density at radius 1 is 1.43 bits per heavy atom. The Morgan fingerprint density at radius 2 is 2.24 bits per heavy atom. The molecule has 0 saturated heterocycles. The van der Waals surface area contributed by atoms with E-state index in [1.165, 1.54) is 7.11 Å². The van der Waals surface area contributed by atoms with Crippen molar-refractivity contribution in [2.24, 2.45) is 0 Å². The molecule has 0 bridgehead atoms. The van der Waals surface area contributed by atoms with Gasteiger partial charge in [0.05, 0.1) is 33.0 Å². The zero-order valence-electron chi connectivity index (χ0n) is 11.6. The Kier molecular flexibility index (Phi) is 5.10. The molecule has 21 heavy (non-hydrogen) atoms. The lowest BCUT2D eigenvalue weighted by molar-refractivity contribution is 0.187. The third-order valence-corrected chi connectivity index (χ3v) is 2.68. The van der Waals surface area contributed by atoms with Crippen LogP contribution < -0.4 is 10.6 Å². The van der Waals surface area contributed by atoms with Gasteiger partial charge in [-0.05, 0) is 18.2 Å². The number of hydrogen-bond acceptors (Lipinski definition) is 6. The molecule has 0 aliphatic rings. The highest BCUT2D eigenvalue weighted by molar-refractivity contribution is 5.85. The second kappa shape index (κ2) is 7.25. The average Bonchev–Trinajstić information content (AvgIpc) is 2.93. The van der Waals surface area contributed by atoms with E-state index in [2.05, 4.69) is 25.7 Å². The normalized spacial score (nSPS) is 10.2. The molecule has 1 aromatic carbocycles. The molecular weight excluding hydrogens is 274 g/mol. The quantitative estimate of drug-likeness (QED) is 0.735. The summed E-state index contributed by atoms with van der Waals surface area (Å²) in [4.78, 5) is 11.1. The molecule has 0 unspecified atom stereocenters. The first-order valence-electron chi connectivity index (χ1n) is 6.40. The van der Waals surface area contributed by atoms with E-state index in [0.717, 1.165) is 11.4 Å². The highest BCUT2D eigenvalue weighted by atomic mass is 16.5. The fraction of sp³-hybridized carbons (Fsp3) is 0.308. The first kappa shape index (κ1) is 14.8. The van der Waals surface area contributed by atoms with E-state index in [1.54, 1.807) is 23.0 Å². The summed E-state index contributed by atoms with van der Waals surface area (Å²) in [5.41, 5.74) is 2.23. The molecule has 0 radical (unpaired) electrons. The minimum Gasteiger partial charge on any atom is -0.453 e. The van der Waals surface area contributed by atoms with Gasteiger partial charge in [-0.2, -0.15) is 0 Å². The van der Waals surface area contributed by atoms with Crippen LogP contribution in [0, 0.1) is 0 Å². The Morgan fingerprint density at radius 3 is 3.00 bits per heavy atom. The Labute approximate surface area is 121 Å². The lowest BCUT2D eigenvalue weighted by atomic mass is 10.2. The molecule has 1 heterocycles. The number of methoxy groups -OCH3 is 1. The van der Waals surface area contributed by atoms with Crippen molar-refractivity contribution < 1.29 is 14.6 Å². The molecule has 2 aromatic rings. The van der Waals surface area contributed by atoms with E-state index in [4.69, 9.17) is 5.11 Å². The zero-order chi connectivity index (χ0) is 15.1. The number of carbonyl (C=O) groups excluding carboxylic acids is 1. The van der Waals surface area contributed by atoms with Gasteiger partial charge >= 0.3 is 6.09 Å². The number of aliphatic hydroxyl groups is 1. The maximum Gasteiger partial charge on any atom is 0.411 e. The smallest absolute Gasteiger partial charge is 0.411 e. The van der Waals surface area contributed by atoms with Gasteiger partial charge in [0.25, 0.3) is 0 Å². The summed E-state index contributed by atoms with van der Waals surface area (Å²) in [6, 6.07) is 7.24. The fourth-order valence-corrected chi connectivity index (χ4v) is 1.70. The Hall–Kier alpha value is -2.61. The number of nitrogens with zero attached hydrogens (tertiary/aromatic N) is 3. The van der Waals surface area contributed by atoms with Crippen LogP contribution in [0.2, 0.25) is 0 Å². The van der Waals surface area contributed by atoms with E-state index in [9.17, 15) is 4.79 Å². The number of nitrogens with one attached hydrogen (secondary N) is 2. The molecule has 0 fully saturated rings. The highest BCUT2D eigenvalue weighted by Gasteiger charge is 2.03. The van der Waals surface area contributed by atoms with Gasteiger partial charge in [-0.3, -0.25) is 5.32 Å². The number of carbonyl (C=O) groups is 1. The van der Waals surface area contributed by atoms with E-state index >= 15 is 0 Å². The number of aliphatic hydroxyl groups excluding tert-OH is 1. The summed E-state index contributed by atoms with van der Waals surface area (Å²) < 4.78 is 6.11. The van der Waals surface area contributed by atoms with Crippen LogP contribution in [0.15, 0.2) is 30.5 Å². The van der Waals surface area contributed by atoms with Gasteiger partial charge < -0.3 is 15.2 Å². The predicted octanol–water partition coefficient (Wildman–Crippen LogP) is 1.06. The number of ether oxygens (including phenoxy) is 1. The van der Waals surface area contributed by atoms with Crippen molar-refractivity contribution in [2.45, 2.75) is 13.1 Å². The molecule has 1 aromatic heterocycles. The second-order valence-electron chi connectivity index (χ2n) is 4.25. The standard InChI is InChI=1S/C13H17N5O3/c1-21-13(20)15-11-4-2-3-10(7-11)14-8-12-9-18(5-6-19)17-16-12/h2-4,7,9,14,19H,5-6,8H2,1H3,(H,15,20). The van der Waals surface area contributed by atoms with Crippen LogP contribution in [0.3, 0.4) is 0 Å². The molecular formula is C13H17N5O3. The Balaban J connectivity index is 1.93. The van der Waals surface area contributed by atoms with Crippen LogP contribution in [0.25, 0.3) is 0 Å². The van der Waals surface area contributed by atoms with E-state index < -0.39 is 6.09 Å². The van der Waals surface area contributed by atoms with Crippen molar-refractivity contribution in [3.05, 3.63) is 36.2 Å². The molecule has 0 aliphatic heterocycles. The fourth-order valence-electron chi connectivity index (χ4n) is 1.70. The van der Waals surface area contributed by atoms with Crippen molar-refractivity contribution >= 4 is 17.5 Å². The third-order valence-electron chi connectivity index (χ3n) is 2.68. The third kappa shape index (κ3) is 4.46. The molecule has 0 spiro atoms. The SMILES string of the molecule is COC(=O)Nc1cccc(NCc2cn(CCO)nn2)c1. The summed E-state index contributed by atoms with van der Waals surface area (Å²) >= 11 is 0. The van der Waals surface area contributed by atoms with Crippen molar-refractivity contribution in [3.8, 4) is 0 Å². The van der Waals surface area contributed by atoms with Crippen LogP contribution in [-0.2, 0) is 17.8 Å². The molecule has 0 saturated carbocycles. The summed E-state index contributed by atoms with van der Waals surface area (Å²) in [7, 11) is 1.31. The number of benzene rings is 1. The minimum absolute atomic E-state index is 0.0253. The molecule has 112 valence electrons. The van der Waals surface area contributed by atoms with Crippen molar-refractivity contribution in [1.82, 2.24) is 15.0 Å². The van der Waals surface area contributed by atoms with Gasteiger partial charge in [0.2, 0.25) is 0 Å². The van der Waals surface area contributed by atoms with Gasteiger partial charge in [0.1, 0.15) is 5.69 Å². The largest absolute Gasteiger partial charge is 0.453 e. The van der Waals surface area contributed by atoms with Crippen molar-refractivity contribution in [2.75, 3.05) is 24.4 Å². The van der Waals surface area contributed by atoms with Gasteiger partial charge in [-0.25, -0.2) is 9.48 Å². The maximum absolute atomic E-state index is 11.1. The highest BCUT2D eigenvalue weighted by Crippen LogP contribution is 2.15. The van der Waals surface area contributed by atoms with Crippen molar-refractivity contribution in [3.63, 3.8) is 0 Å². The molecule has 8 nitrogen and oxygen atoms in total. The monoisotopic (exact) mass is 291 g/mol. The lowest BCUT2D eigenvalue weighted by Gasteiger charge is -2.07. The summed E-state index contributed by atoms with van der Waals surface area (Å²) in [6.07, 6.45) is 1.25. The van der Waals surface area contributed by atoms with Gasteiger partial charge in [0.15, 0.2) is 0 Å². The first-order chi connectivity index (χ1) is 10.2. The van der Waals surface area contributed by atoms with Crippen LogP contribution in [0.1, 0.15) is 5.69 Å². The molecule has 3 N–H and O–H groups in total. The van der Waals surface area contributed by atoms with Crippen LogP contribution in [0.4, 0.5) is 16.2 Å². The summed E-state index contributed by atoms with van der Waals surface area (Å²) in [6.45, 7) is 0.941. The predicted molar refractivity (Wildman–Crippen MR) is 76.9 cm³/mol. The molecule has 0 aliphatic carbocycles. The second-order valence-corrected chi connectivity index (χ2v) is 4.25. The van der Waals surface area contributed by atoms with Crippen LogP contribution >= 0.6 is 0 Å². The molecule has 0 atom stereocenters. The average molecular weight is 291 g/mol. The number of anilines is 2. The van der Waals surface area contributed by atoms with Crippen LogP contribution in [0.5, 0.6) is 0 Å². The Bertz CT molecular complexity index is 599. The number of hydrogen-bond donors (Lipinski definition) is 3. The summed E-state index contributed by atoms with van der Waals surface area (Å²) in [5, 5.41) is 22.4. The number of rotatable bonds is 6. The summed E-state index contributed by atoms with van der Waals surface area (Å²) in [5.74, 6) is 0. The molecule has 2 rings (SSSR count). The molecule has 1 amide bonds. The van der Waals surface area contributed by atoms with E-state index in [1.807, 2.05) is 12.1 Å². The topological polar surface area (TPSA) is 101 Å². The number of aromatic nitrogens is 3. The lowest BCUT2D eigenvalue weighted by Crippen LogP contribution is -2.11. The van der Waals surface area contributed by atoms with E-state index in [0.29, 0.717) is 18.8 Å². The van der Waals surface area contributed by atoms with Crippen LogP contribution in [-0.4, -0.2) is 39.9 Å². The van der Waals surface area contributed by atoms with Gasteiger partial charge in [0, 0.05) is 11.4 Å². The maximum atomic E-state index is 11.1.